The lowest BCUT2D eigenvalue weighted by molar-refractivity contribution is 0.0696. The molecule has 176 valence electrons. The Kier molecular flexibility index (Phi) is 11.0. The number of nitrogens with two attached hydrogens (primary N) is 1. The van der Waals surface area contributed by atoms with Gasteiger partial charge in [0, 0.05) is 14.6 Å². The monoisotopic (exact) mass is 583 g/mol. The van der Waals surface area contributed by atoms with Crippen molar-refractivity contribution in [1.82, 2.24) is 0 Å². The second-order valence-corrected chi connectivity index (χ2v) is 9.71. The first kappa shape index (κ1) is 28.9. The highest BCUT2D eigenvalue weighted by molar-refractivity contribution is 9.10. The summed E-state index contributed by atoms with van der Waals surface area (Å²) in [5.74, 6) is -0.962. The molecule has 0 bridgehead atoms. The number of hydrogen-bond acceptors (Lipinski definition) is 4. The van der Waals surface area contributed by atoms with Crippen molar-refractivity contribution in [3.63, 3.8) is 0 Å². The van der Waals surface area contributed by atoms with Crippen molar-refractivity contribution < 1.29 is 9.90 Å². The summed E-state index contributed by atoms with van der Waals surface area (Å²) in [4.78, 5) is 10.6. The first-order valence-electron chi connectivity index (χ1n) is 10.3. The van der Waals surface area contributed by atoms with Crippen LogP contribution in [0, 0.1) is 64.2 Å². The Labute approximate surface area is 218 Å². The molecule has 3 aromatic carbocycles. The summed E-state index contributed by atoms with van der Waals surface area (Å²) in [6, 6.07) is 15.2. The smallest absolute Gasteiger partial charge is 0.335 e. The van der Waals surface area contributed by atoms with Crippen molar-refractivity contribution >= 4 is 43.5 Å². The largest absolute Gasteiger partial charge is 0.478 e. The number of halogens is 2. The van der Waals surface area contributed by atoms with E-state index in [4.69, 9.17) is 21.4 Å². The molecule has 3 aromatic rings. The fourth-order valence-corrected chi connectivity index (χ4v) is 4.65. The number of benzene rings is 3. The number of aromatic carboxylic acids is 1. The molecule has 3 rings (SSSR count). The van der Waals surface area contributed by atoms with Gasteiger partial charge >= 0.3 is 5.97 Å². The quantitative estimate of drug-likeness (QED) is 0.288. The zero-order chi connectivity index (χ0) is 26.2. The van der Waals surface area contributed by atoms with E-state index in [0.29, 0.717) is 16.7 Å². The third kappa shape index (κ3) is 8.02. The van der Waals surface area contributed by atoms with Gasteiger partial charge in [-0.25, -0.2) is 4.79 Å². The van der Waals surface area contributed by atoms with Gasteiger partial charge in [-0.05, 0) is 111 Å². The zero-order valence-electron chi connectivity index (χ0n) is 20.0. The Bertz CT molecular complexity index is 1230. The highest BCUT2D eigenvalue weighted by atomic mass is 79.9. The van der Waals surface area contributed by atoms with Crippen molar-refractivity contribution in [2.75, 3.05) is 5.73 Å². The number of carboxylic acids is 1. The van der Waals surface area contributed by atoms with Gasteiger partial charge < -0.3 is 10.8 Å². The summed E-state index contributed by atoms with van der Waals surface area (Å²) in [5, 5.41) is 26.2. The normalized spacial score (nSPS) is 9.47. The Morgan fingerprint density at radius 3 is 1.29 bits per heavy atom. The standard InChI is InChI=1S/C10H9NO2.C9H8BrN.C8H10BrN/c1-6-3-8(10(12)13)4-7(2)9(6)5-11;1-6-3-8(10)4-7(2)9(6)5-11;1-5-3-7(9)4-6(2)8(5)10/h3-4H,1-2H3,(H,12,13);3-4H,1-2H3;3-4H,10H2,1-2H3. The van der Waals surface area contributed by atoms with Gasteiger partial charge in [0.05, 0.1) is 28.8 Å². The number of anilines is 1. The molecule has 0 saturated heterocycles. The predicted octanol–water partition coefficient (Wildman–Crippen LogP) is 7.46. The molecule has 3 N–H and O–H groups in total. The van der Waals surface area contributed by atoms with Crippen LogP contribution in [-0.2, 0) is 0 Å². The molecular weight excluding hydrogens is 558 g/mol. The molecule has 0 amide bonds. The van der Waals surface area contributed by atoms with Gasteiger partial charge in [0.1, 0.15) is 0 Å². The number of nitrogen functional groups attached to an aromatic ring is 1. The van der Waals surface area contributed by atoms with Crippen molar-refractivity contribution in [2.24, 2.45) is 0 Å². The summed E-state index contributed by atoms with van der Waals surface area (Å²) in [5.41, 5.74) is 13.9. The molecule has 0 atom stereocenters. The second kappa shape index (κ2) is 12.9. The van der Waals surface area contributed by atoms with Crippen LogP contribution in [0.25, 0.3) is 0 Å². The molecular formula is C27H27Br2N3O2. The van der Waals surface area contributed by atoms with E-state index in [1.807, 2.05) is 58.0 Å². The first-order chi connectivity index (χ1) is 15.8. The van der Waals surface area contributed by atoms with E-state index in [0.717, 1.165) is 42.5 Å². The van der Waals surface area contributed by atoms with Gasteiger partial charge in [0.2, 0.25) is 0 Å². The lowest BCUT2D eigenvalue weighted by atomic mass is 10.0. The van der Waals surface area contributed by atoms with Crippen molar-refractivity contribution in [3.05, 3.63) is 95.4 Å². The lowest BCUT2D eigenvalue weighted by Crippen LogP contribution is -1.99. The molecule has 0 heterocycles. The van der Waals surface area contributed by atoms with E-state index in [1.54, 1.807) is 13.8 Å². The molecule has 7 heteroatoms. The number of nitrogens with zero attached hydrogens (tertiary/aromatic N) is 2. The minimum absolute atomic E-state index is 0.231. The maximum Gasteiger partial charge on any atom is 0.335 e. The summed E-state index contributed by atoms with van der Waals surface area (Å²) < 4.78 is 2.13. The molecule has 0 fully saturated rings. The molecule has 0 aliphatic heterocycles. The van der Waals surface area contributed by atoms with Gasteiger partial charge in [-0.3, -0.25) is 0 Å². The predicted molar refractivity (Wildman–Crippen MR) is 144 cm³/mol. The lowest BCUT2D eigenvalue weighted by Gasteiger charge is -2.03. The Morgan fingerprint density at radius 1 is 0.706 bits per heavy atom. The Hall–Kier alpha value is -3.13. The maximum atomic E-state index is 10.6. The van der Waals surface area contributed by atoms with E-state index < -0.39 is 5.97 Å². The summed E-state index contributed by atoms with van der Waals surface area (Å²) in [6.07, 6.45) is 0. The molecule has 0 radical (unpaired) electrons. The highest BCUT2D eigenvalue weighted by Crippen LogP contribution is 2.22. The number of rotatable bonds is 1. The van der Waals surface area contributed by atoms with Crippen LogP contribution in [0.2, 0.25) is 0 Å². The zero-order valence-corrected chi connectivity index (χ0v) is 23.2. The van der Waals surface area contributed by atoms with E-state index in [1.165, 1.54) is 12.1 Å². The van der Waals surface area contributed by atoms with Crippen LogP contribution in [0.15, 0.2) is 45.3 Å². The average molecular weight is 585 g/mol. The van der Waals surface area contributed by atoms with Crippen LogP contribution in [0.3, 0.4) is 0 Å². The van der Waals surface area contributed by atoms with E-state index in [2.05, 4.69) is 37.9 Å². The van der Waals surface area contributed by atoms with E-state index >= 15 is 0 Å². The third-order valence-corrected chi connectivity index (χ3v) is 5.97. The minimum atomic E-state index is -0.962. The van der Waals surface area contributed by atoms with Crippen LogP contribution in [0.4, 0.5) is 5.69 Å². The number of carbonyl (C=O) groups is 1. The van der Waals surface area contributed by atoms with Gasteiger partial charge in [-0.15, -0.1) is 0 Å². The summed E-state index contributed by atoms with van der Waals surface area (Å²) >= 11 is 6.76. The van der Waals surface area contributed by atoms with Crippen LogP contribution >= 0.6 is 31.9 Å². The number of nitriles is 2. The molecule has 0 aromatic heterocycles. The van der Waals surface area contributed by atoms with Crippen LogP contribution in [-0.4, -0.2) is 11.1 Å². The van der Waals surface area contributed by atoms with Gasteiger partial charge in [0.15, 0.2) is 0 Å². The maximum absolute atomic E-state index is 10.6. The molecule has 0 aliphatic rings. The molecule has 0 spiro atoms. The Balaban J connectivity index is 0.000000257. The van der Waals surface area contributed by atoms with Gasteiger partial charge in [-0.2, -0.15) is 10.5 Å². The molecule has 5 nitrogen and oxygen atoms in total. The van der Waals surface area contributed by atoms with Crippen molar-refractivity contribution in [3.8, 4) is 12.1 Å². The van der Waals surface area contributed by atoms with Gasteiger partial charge in [0.25, 0.3) is 0 Å². The van der Waals surface area contributed by atoms with Crippen LogP contribution < -0.4 is 5.73 Å². The van der Waals surface area contributed by atoms with E-state index in [9.17, 15) is 4.79 Å². The number of carboxylic acid groups (broad SMARTS) is 1. The van der Waals surface area contributed by atoms with Crippen molar-refractivity contribution in [1.29, 1.82) is 10.5 Å². The second-order valence-electron chi connectivity index (χ2n) is 7.88. The SMILES string of the molecule is Cc1cc(Br)cc(C)c1C#N.Cc1cc(Br)cc(C)c1N.Cc1cc(C(=O)O)cc(C)c1C#N. The fourth-order valence-electron chi connectivity index (χ4n) is 3.27. The van der Waals surface area contributed by atoms with Crippen LogP contribution in [0.1, 0.15) is 54.9 Å². The topological polar surface area (TPSA) is 111 Å². The Morgan fingerprint density at radius 2 is 1.00 bits per heavy atom. The third-order valence-electron chi connectivity index (χ3n) is 5.06. The molecule has 0 aliphatic carbocycles. The van der Waals surface area contributed by atoms with Crippen LogP contribution in [0.5, 0.6) is 0 Å². The molecule has 0 saturated carbocycles. The van der Waals surface area contributed by atoms with E-state index in [-0.39, 0.29) is 5.56 Å². The molecule has 0 unspecified atom stereocenters. The van der Waals surface area contributed by atoms with Crippen molar-refractivity contribution in [2.45, 2.75) is 41.5 Å². The first-order valence-corrected chi connectivity index (χ1v) is 11.8. The summed E-state index contributed by atoms with van der Waals surface area (Å²) in [7, 11) is 0. The summed E-state index contributed by atoms with van der Waals surface area (Å²) in [6.45, 7) is 11.4. The average Bonchev–Trinajstić information content (AvgIpc) is 2.72. The fraction of sp³-hybridized carbons (Fsp3) is 0.222. The number of hydrogen-bond donors (Lipinski definition) is 2. The minimum Gasteiger partial charge on any atom is -0.478 e. The highest BCUT2D eigenvalue weighted by Gasteiger charge is 2.08. The van der Waals surface area contributed by atoms with Gasteiger partial charge in [-0.1, -0.05) is 31.9 Å². The molecule has 34 heavy (non-hydrogen) atoms. The number of aryl methyl sites for hydroxylation is 6.